The molecule has 1 saturated carbocycles. The second-order valence-corrected chi connectivity index (χ2v) is 10.3. The van der Waals surface area contributed by atoms with Crippen molar-refractivity contribution in [3.63, 3.8) is 0 Å². The van der Waals surface area contributed by atoms with E-state index in [-0.39, 0.29) is 24.8 Å². The number of carbonyl (C=O) groups is 2. The highest BCUT2D eigenvalue weighted by Crippen LogP contribution is 2.25. The van der Waals surface area contributed by atoms with Gasteiger partial charge in [-0.1, -0.05) is 56.9 Å². The van der Waals surface area contributed by atoms with Crippen molar-refractivity contribution in [3.05, 3.63) is 65.0 Å². The smallest absolute Gasteiger partial charge is 0.336 e. The van der Waals surface area contributed by atoms with Gasteiger partial charge in [0, 0.05) is 18.8 Å². The fourth-order valence-corrected chi connectivity index (χ4v) is 5.09. The minimum absolute atomic E-state index is 0.00292. The van der Waals surface area contributed by atoms with Crippen LogP contribution in [-0.4, -0.2) is 53.9 Å². The lowest BCUT2D eigenvalue weighted by Gasteiger charge is -2.30. The van der Waals surface area contributed by atoms with Gasteiger partial charge in [-0.15, -0.1) is 0 Å². The normalized spacial score (nSPS) is 17.1. The van der Waals surface area contributed by atoms with E-state index in [1.807, 2.05) is 6.07 Å². The van der Waals surface area contributed by atoms with Gasteiger partial charge in [-0.25, -0.2) is 14.0 Å². The summed E-state index contributed by atoms with van der Waals surface area (Å²) in [4.78, 5) is 26.4. The highest BCUT2D eigenvalue weighted by atomic mass is 19.1. The second kappa shape index (κ2) is 16.2. The van der Waals surface area contributed by atoms with Crippen molar-refractivity contribution in [2.75, 3.05) is 25.0 Å². The standard InChI is InChI=1S/C31H43FN2O5/c1-3-4-5-6-7-17-34(31(37)33-26-14-9-13-25(32)20-26)18-19-38-27-15-10-16-28(21-27)39-22-24-12-8-11-23(2)29(24)30(35)36/h8-9,11-14,20,27-28H,3-7,10,15-19,21-22H2,1-2H3,(H,33,37)(H,35,36). The lowest BCUT2D eigenvalue weighted by molar-refractivity contribution is -0.0523. The van der Waals surface area contributed by atoms with Crippen LogP contribution in [0.3, 0.4) is 0 Å². The maximum Gasteiger partial charge on any atom is 0.336 e. The van der Waals surface area contributed by atoms with E-state index in [4.69, 9.17) is 9.47 Å². The van der Waals surface area contributed by atoms with Crippen LogP contribution in [0.5, 0.6) is 0 Å². The van der Waals surface area contributed by atoms with Gasteiger partial charge in [0.1, 0.15) is 5.82 Å². The van der Waals surface area contributed by atoms with Crippen LogP contribution in [0.2, 0.25) is 0 Å². The summed E-state index contributed by atoms with van der Waals surface area (Å²) < 4.78 is 25.9. The Hall–Kier alpha value is -2.97. The Bertz CT molecular complexity index is 1060. The van der Waals surface area contributed by atoms with E-state index < -0.39 is 11.8 Å². The molecule has 2 unspecified atom stereocenters. The molecular weight excluding hydrogens is 499 g/mol. The number of carbonyl (C=O) groups excluding carboxylic acids is 1. The number of amides is 2. The number of hydrogen-bond acceptors (Lipinski definition) is 4. The Labute approximate surface area is 231 Å². The number of nitrogens with zero attached hydrogens (tertiary/aromatic N) is 1. The van der Waals surface area contributed by atoms with E-state index in [0.29, 0.717) is 36.5 Å². The Morgan fingerprint density at radius 1 is 1.03 bits per heavy atom. The Morgan fingerprint density at radius 3 is 2.51 bits per heavy atom. The number of carboxylic acid groups (broad SMARTS) is 1. The molecule has 1 fully saturated rings. The summed E-state index contributed by atoms with van der Waals surface area (Å²) in [6.45, 7) is 5.70. The molecule has 0 saturated heterocycles. The van der Waals surface area contributed by atoms with Crippen molar-refractivity contribution in [2.45, 2.75) is 90.4 Å². The van der Waals surface area contributed by atoms with Crippen molar-refractivity contribution in [3.8, 4) is 0 Å². The summed E-state index contributed by atoms with van der Waals surface area (Å²) in [7, 11) is 0. The third-order valence-electron chi connectivity index (χ3n) is 7.23. The summed E-state index contributed by atoms with van der Waals surface area (Å²) in [5, 5.41) is 12.4. The highest BCUT2D eigenvalue weighted by molar-refractivity contribution is 5.91. The number of urea groups is 1. The number of halogens is 1. The molecule has 8 heteroatoms. The predicted octanol–water partition coefficient (Wildman–Crippen LogP) is 7.18. The zero-order valence-electron chi connectivity index (χ0n) is 23.3. The molecule has 1 aliphatic rings. The summed E-state index contributed by atoms with van der Waals surface area (Å²) in [5.74, 6) is -1.33. The summed E-state index contributed by atoms with van der Waals surface area (Å²) >= 11 is 0. The number of carboxylic acids is 1. The van der Waals surface area contributed by atoms with Gasteiger partial charge in [0.25, 0.3) is 0 Å². The molecule has 214 valence electrons. The average Bonchev–Trinajstić information content (AvgIpc) is 2.90. The Kier molecular flexibility index (Phi) is 12.7. The fraction of sp³-hybridized carbons (Fsp3) is 0.548. The quantitative estimate of drug-likeness (QED) is 0.233. The van der Waals surface area contributed by atoms with Gasteiger partial charge < -0.3 is 24.8 Å². The lowest BCUT2D eigenvalue weighted by Crippen LogP contribution is -2.39. The average molecular weight is 543 g/mol. The number of anilines is 1. The molecular formula is C31H43FN2O5. The van der Waals surface area contributed by atoms with Gasteiger partial charge in [0.05, 0.1) is 31.0 Å². The third-order valence-corrected chi connectivity index (χ3v) is 7.23. The molecule has 2 aromatic rings. The predicted molar refractivity (Wildman–Crippen MR) is 151 cm³/mol. The van der Waals surface area contributed by atoms with E-state index in [0.717, 1.165) is 56.9 Å². The van der Waals surface area contributed by atoms with E-state index in [2.05, 4.69) is 12.2 Å². The molecule has 39 heavy (non-hydrogen) atoms. The topological polar surface area (TPSA) is 88.1 Å². The van der Waals surface area contributed by atoms with Gasteiger partial charge in [-0.05, 0) is 68.4 Å². The first-order valence-electron chi connectivity index (χ1n) is 14.2. The Balaban J connectivity index is 1.49. The molecule has 0 aliphatic heterocycles. The molecule has 7 nitrogen and oxygen atoms in total. The van der Waals surface area contributed by atoms with Crippen LogP contribution in [0.1, 0.15) is 86.2 Å². The van der Waals surface area contributed by atoms with Gasteiger partial charge in [-0.2, -0.15) is 0 Å². The first-order valence-corrected chi connectivity index (χ1v) is 14.2. The number of aromatic carboxylic acids is 1. The number of aryl methyl sites for hydroxylation is 1. The summed E-state index contributed by atoms with van der Waals surface area (Å²) in [5.41, 5.74) is 2.16. The van der Waals surface area contributed by atoms with Gasteiger partial charge in [0.15, 0.2) is 0 Å². The molecule has 0 bridgehead atoms. The molecule has 2 N–H and O–H groups in total. The molecule has 0 radical (unpaired) electrons. The first-order chi connectivity index (χ1) is 18.9. The lowest BCUT2D eigenvalue weighted by atomic mass is 9.94. The number of ether oxygens (including phenoxy) is 2. The van der Waals surface area contributed by atoms with E-state index in [1.165, 1.54) is 18.6 Å². The van der Waals surface area contributed by atoms with Crippen LogP contribution in [0.25, 0.3) is 0 Å². The maximum atomic E-state index is 13.6. The summed E-state index contributed by atoms with van der Waals surface area (Å²) in [6.07, 6.45) is 9.03. The maximum absolute atomic E-state index is 13.6. The molecule has 2 aromatic carbocycles. The number of benzene rings is 2. The minimum Gasteiger partial charge on any atom is -0.478 e. The molecule has 0 heterocycles. The van der Waals surface area contributed by atoms with Crippen molar-refractivity contribution >= 4 is 17.7 Å². The van der Waals surface area contributed by atoms with Crippen LogP contribution in [0.4, 0.5) is 14.9 Å². The molecule has 3 rings (SSSR count). The third kappa shape index (κ3) is 10.3. The van der Waals surface area contributed by atoms with Crippen molar-refractivity contribution < 1.29 is 28.6 Å². The van der Waals surface area contributed by atoms with Crippen LogP contribution in [-0.2, 0) is 16.1 Å². The number of unbranched alkanes of at least 4 members (excludes halogenated alkanes) is 4. The molecule has 1 aliphatic carbocycles. The largest absolute Gasteiger partial charge is 0.478 e. The van der Waals surface area contributed by atoms with Crippen LogP contribution >= 0.6 is 0 Å². The van der Waals surface area contributed by atoms with Gasteiger partial charge >= 0.3 is 12.0 Å². The SMILES string of the molecule is CCCCCCCN(CCOC1CCCC(OCc2cccc(C)c2C(=O)O)C1)C(=O)Nc1cccc(F)c1. The molecule has 2 atom stereocenters. The van der Waals surface area contributed by atoms with Crippen LogP contribution in [0.15, 0.2) is 42.5 Å². The van der Waals surface area contributed by atoms with E-state index >= 15 is 0 Å². The molecule has 0 spiro atoms. The van der Waals surface area contributed by atoms with E-state index in [1.54, 1.807) is 36.1 Å². The van der Waals surface area contributed by atoms with Crippen molar-refractivity contribution in [1.82, 2.24) is 4.90 Å². The van der Waals surface area contributed by atoms with Gasteiger partial charge in [-0.3, -0.25) is 0 Å². The molecule has 2 amide bonds. The second-order valence-electron chi connectivity index (χ2n) is 10.3. The summed E-state index contributed by atoms with van der Waals surface area (Å²) in [6, 6.07) is 11.1. The number of rotatable bonds is 15. The zero-order valence-corrected chi connectivity index (χ0v) is 23.3. The van der Waals surface area contributed by atoms with Crippen LogP contribution < -0.4 is 5.32 Å². The van der Waals surface area contributed by atoms with E-state index in [9.17, 15) is 19.1 Å². The van der Waals surface area contributed by atoms with Gasteiger partial charge in [0.2, 0.25) is 0 Å². The number of nitrogens with one attached hydrogen (secondary N) is 1. The zero-order chi connectivity index (χ0) is 28.0. The fourth-order valence-electron chi connectivity index (χ4n) is 5.09. The number of hydrogen-bond donors (Lipinski definition) is 2. The monoisotopic (exact) mass is 542 g/mol. The Morgan fingerprint density at radius 2 is 1.77 bits per heavy atom. The van der Waals surface area contributed by atoms with Crippen molar-refractivity contribution in [1.29, 1.82) is 0 Å². The first kappa shape index (κ1) is 30.6. The minimum atomic E-state index is -0.937. The van der Waals surface area contributed by atoms with Crippen molar-refractivity contribution in [2.24, 2.45) is 0 Å². The highest BCUT2D eigenvalue weighted by Gasteiger charge is 2.24. The molecule has 0 aromatic heterocycles. The van der Waals surface area contributed by atoms with Crippen LogP contribution in [0, 0.1) is 12.7 Å².